The van der Waals surface area contributed by atoms with Crippen molar-refractivity contribution in [3.63, 3.8) is 0 Å². The summed E-state index contributed by atoms with van der Waals surface area (Å²) in [5, 5.41) is 0. The minimum Gasteiger partial charge on any atom is -0.476 e. The van der Waals surface area contributed by atoms with E-state index in [0.717, 1.165) is 26.2 Å². The zero-order valence-corrected chi connectivity index (χ0v) is 12.1. The third-order valence-electron chi connectivity index (χ3n) is 3.87. The fourth-order valence-electron chi connectivity index (χ4n) is 2.62. The molecule has 1 aliphatic rings. The normalized spacial score (nSPS) is 16.8. The minimum atomic E-state index is 0.612. The van der Waals surface area contributed by atoms with Gasteiger partial charge in [0.15, 0.2) is 0 Å². The molecule has 3 heterocycles. The van der Waals surface area contributed by atoms with E-state index in [1.165, 1.54) is 18.4 Å². The van der Waals surface area contributed by atoms with Crippen LogP contribution in [-0.2, 0) is 6.54 Å². The molecule has 3 rings (SSSR count). The van der Waals surface area contributed by atoms with Crippen molar-refractivity contribution in [3.8, 4) is 5.88 Å². The number of rotatable bonds is 5. The predicted octanol–water partition coefficient (Wildman–Crippen LogP) is 2.16. The fraction of sp³-hybridized carbons (Fsp3) is 0.438. The van der Waals surface area contributed by atoms with Crippen LogP contribution in [0.15, 0.2) is 43.1 Å². The summed E-state index contributed by atoms with van der Waals surface area (Å²) in [4.78, 5) is 14.7. The number of aromatic nitrogens is 3. The molecule has 0 aromatic carbocycles. The summed E-state index contributed by atoms with van der Waals surface area (Å²) in [6.07, 6.45) is 11.0. The van der Waals surface area contributed by atoms with Crippen molar-refractivity contribution in [3.05, 3.63) is 48.7 Å². The zero-order chi connectivity index (χ0) is 14.3. The van der Waals surface area contributed by atoms with Gasteiger partial charge in [-0.25, -0.2) is 4.98 Å². The van der Waals surface area contributed by atoms with Crippen molar-refractivity contribution in [2.45, 2.75) is 19.4 Å². The van der Waals surface area contributed by atoms with Crippen LogP contribution in [-0.4, -0.2) is 39.5 Å². The van der Waals surface area contributed by atoms with Gasteiger partial charge in [0.25, 0.3) is 0 Å². The van der Waals surface area contributed by atoms with Gasteiger partial charge < -0.3 is 4.74 Å². The molecule has 0 aliphatic carbocycles. The van der Waals surface area contributed by atoms with Crippen LogP contribution in [0.3, 0.4) is 0 Å². The minimum absolute atomic E-state index is 0.612. The molecule has 1 aliphatic heterocycles. The van der Waals surface area contributed by atoms with Crippen molar-refractivity contribution in [2.75, 3.05) is 19.7 Å². The Kier molecular flexibility index (Phi) is 4.74. The Labute approximate surface area is 125 Å². The lowest BCUT2D eigenvalue weighted by Crippen LogP contribution is -2.35. The van der Waals surface area contributed by atoms with E-state index in [-0.39, 0.29) is 0 Å². The Hall–Kier alpha value is -2.01. The zero-order valence-electron chi connectivity index (χ0n) is 12.1. The summed E-state index contributed by atoms with van der Waals surface area (Å²) in [5.41, 5.74) is 1.33. The van der Waals surface area contributed by atoms with Crippen molar-refractivity contribution < 1.29 is 4.74 Å². The number of hydrogen-bond donors (Lipinski definition) is 0. The Balaban J connectivity index is 1.41. The van der Waals surface area contributed by atoms with E-state index >= 15 is 0 Å². The molecule has 5 heteroatoms. The van der Waals surface area contributed by atoms with E-state index in [1.807, 2.05) is 12.4 Å². The van der Waals surface area contributed by atoms with Crippen LogP contribution in [0.5, 0.6) is 5.88 Å². The number of likely N-dealkylation sites (tertiary alicyclic amines) is 1. The van der Waals surface area contributed by atoms with Crippen LogP contribution in [0, 0.1) is 5.92 Å². The third kappa shape index (κ3) is 4.23. The first-order valence-electron chi connectivity index (χ1n) is 7.40. The average molecular weight is 284 g/mol. The highest BCUT2D eigenvalue weighted by Crippen LogP contribution is 2.19. The van der Waals surface area contributed by atoms with Gasteiger partial charge in [-0.3, -0.25) is 14.9 Å². The quantitative estimate of drug-likeness (QED) is 0.842. The van der Waals surface area contributed by atoms with E-state index in [1.54, 1.807) is 18.6 Å². The Morgan fingerprint density at radius 2 is 1.86 bits per heavy atom. The van der Waals surface area contributed by atoms with E-state index in [4.69, 9.17) is 4.74 Å². The molecule has 1 saturated heterocycles. The van der Waals surface area contributed by atoms with Crippen molar-refractivity contribution in [1.82, 2.24) is 19.9 Å². The number of piperidine rings is 1. The Morgan fingerprint density at radius 3 is 2.57 bits per heavy atom. The van der Waals surface area contributed by atoms with Gasteiger partial charge in [-0.2, -0.15) is 0 Å². The van der Waals surface area contributed by atoms with E-state index in [2.05, 4.69) is 32.0 Å². The molecule has 21 heavy (non-hydrogen) atoms. The SMILES string of the molecule is c1cc(CN2CCC(COc3cnccn3)CC2)ccn1. The molecule has 2 aromatic rings. The second-order valence-corrected chi connectivity index (χ2v) is 5.43. The molecule has 110 valence electrons. The molecule has 2 aromatic heterocycles. The molecule has 0 bridgehead atoms. The standard InChI is InChI=1S/C16H20N4O/c1-5-17-6-2-14(1)12-20-9-3-15(4-10-20)13-21-16-11-18-7-8-19-16/h1-2,5-8,11,15H,3-4,9-10,12-13H2. The van der Waals surface area contributed by atoms with Crippen molar-refractivity contribution >= 4 is 0 Å². The van der Waals surface area contributed by atoms with Crippen molar-refractivity contribution in [1.29, 1.82) is 0 Å². The van der Waals surface area contributed by atoms with Gasteiger partial charge in [0.2, 0.25) is 5.88 Å². The predicted molar refractivity (Wildman–Crippen MR) is 79.8 cm³/mol. The van der Waals surface area contributed by atoms with Gasteiger partial charge in [-0.1, -0.05) is 0 Å². The van der Waals surface area contributed by atoms with Crippen LogP contribution in [0.1, 0.15) is 18.4 Å². The molecule has 1 fully saturated rings. The summed E-state index contributed by atoms with van der Waals surface area (Å²) in [6, 6.07) is 4.17. The second-order valence-electron chi connectivity index (χ2n) is 5.43. The average Bonchev–Trinajstić information content (AvgIpc) is 2.56. The number of ether oxygens (including phenoxy) is 1. The lowest BCUT2D eigenvalue weighted by atomic mass is 9.97. The lowest BCUT2D eigenvalue weighted by Gasteiger charge is -2.31. The van der Waals surface area contributed by atoms with Crippen LogP contribution >= 0.6 is 0 Å². The molecular formula is C16H20N4O. The highest BCUT2D eigenvalue weighted by Gasteiger charge is 2.19. The van der Waals surface area contributed by atoms with E-state index < -0.39 is 0 Å². The molecule has 0 radical (unpaired) electrons. The summed E-state index contributed by atoms with van der Waals surface area (Å²) in [7, 11) is 0. The maximum Gasteiger partial charge on any atom is 0.232 e. The van der Waals surface area contributed by atoms with E-state index in [0.29, 0.717) is 11.8 Å². The van der Waals surface area contributed by atoms with Gasteiger partial charge in [-0.15, -0.1) is 0 Å². The molecule has 0 atom stereocenters. The van der Waals surface area contributed by atoms with Gasteiger partial charge in [-0.05, 0) is 49.5 Å². The fourth-order valence-corrected chi connectivity index (χ4v) is 2.62. The van der Waals surface area contributed by atoms with Gasteiger partial charge >= 0.3 is 0 Å². The highest BCUT2D eigenvalue weighted by molar-refractivity contribution is 5.09. The summed E-state index contributed by atoms with van der Waals surface area (Å²) in [5.74, 6) is 1.23. The van der Waals surface area contributed by atoms with E-state index in [9.17, 15) is 0 Å². The molecule has 0 spiro atoms. The topological polar surface area (TPSA) is 51.1 Å². The van der Waals surface area contributed by atoms with Gasteiger partial charge in [0, 0.05) is 31.3 Å². The molecule has 0 N–H and O–H groups in total. The van der Waals surface area contributed by atoms with Crippen LogP contribution in [0.25, 0.3) is 0 Å². The second kappa shape index (κ2) is 7.13. The Bertz CT molecular complexity index is 526. The lowest BCUT2D eigenvalue weighted by molar-refractivity contribution is 0.134. The van der Waals surface area contributed by atoms with Crippen LogP contribution in [0.4, 0.5) is 0 Å². The molecular weight excluding hydrogens is 264 g/mol. The van der Waals surface area contributed by atoms with Gasteiger partial charge in [0.05, 0.1) is 12.8 Å². The largest absolute Gasteiger partial charge is 0.476 e. The number of nitrogens with zero attached hydrogens (tertiary/aromatic N) is 4. The maximum absolute atomic E-state index is 5.70. The molecule has 0 unspecified atom stereocenters. The Morgan fingerprint density at radius 1 is 1.05 bits per heavy atom. The van der Waals surface area contributed by atoms with Crippen LogP contribution in [0.2, 0.25) is 0 Å². The third-order valence-corrected chi connectivity index (χ3v) is 3.87. The monoisotopic (exact) mass is 284 g/mol. The number of hydrogen-bond acceptors (Lipinski definition) is 5. The summed E-state index contributed by atoms with van der Waals surface area (Å²) >= 11 is 0. The molecule has 5 nitrogen and oxygen atoms in total. The first-order valence-corrected chi connectivity index (χ1v) is 7.40. The van der Waals surface area contributed by atoms with Gasteiger partial charge in [0.1, 0.15) is 0 Å². The number of pyridine rings is 1. The molecule has 0 saturated carbocycles. The summed E-state index contributed by atoms with van der Waals surface area (Å²) in [6.45, 7) is 4.00. The smallest absolute Gasteiger partial charge is 0.232 e. The van der Waals surface area contributed by atoms with Crippen molar-refractivity contribution in [2.24, 2.45) is 5.92 Å². The highest BCUT2D eigenvalue weighted by atomic mass is 16.5. The first-order chi connectivity index (χ1) is 10.4. The first kappa shape index (κ1) is 13.9. The summed E-state index contributed by atoms with van der Waals surface area (Å²) < 4.78 is 5.70. The molecule has 0 amide bonds. The van der Waals surface area contributed by atoms with Crippen LogP contribution < -0.4 is 4.74 Å². The maximum atomic E-state index is 5.70.